The smallest absolute Gasteiger partial charge is 0.317 e. The summed E-state index contributed by atoms with van der Waals surface area (Å²) in [5.74, 6) is -9.45. The zero-order valence-corrected chi connectivity index (χ0v) is 43.6. The molecule has 0 bridgehead atoms. The van der Waals surface area contributed by atoms with E-state index in [1.807, 2.05) is 23.1 Å². The highest BCUT2D eigenvalue weighted by Gasteiger charge is 2.48. The number of unbranched alkanes of at least 4 members (excludes halogenated alkanes) is 1. The Bertz CT molecular complexity index is 2160. The minimum Gasteiger partial charge on any atom is -0.480 e. The first-order valence-corrected chi connectivity index (χ1v) is 26.0. The lowest BCUT2D eigenvalue weighted by molar-refractivity contribution is -0.140. The van der Waals surface area contributed by atoms with Crippen LogP contribution in [0.1, 0.15) is 68.6 Å². The Balaban J connectivity index is 1.11. The van der Waals surface area contributed by atoms with E-state index in [-0.39, 0.29) is 155 Å². The number of rotatable bonds is 27. The zero-order chi connectivity index (χ0) is 55.4. The number of likely N-dealkylation sites (tertiary alicyclic amines) is 1. The van der Waals surface area contributed by atoms with Gasteiger partial charge < -0.3 is 55.9 Å². The van der Waals surface area contributed by atoms with Gasteiger partial charge in [-0.3, -0.25) is 62.8 Å². The van der Waals surface area contributed by atoms with Crippen molar-refractivity contribution in [1.82, 2.24) is 50.7 Å². The molecule has 4 heterocycles. The number of benzene rings is 1. The molecule has 1 aromatic carbocycles. The van der Waals surface area contributed by atoms with Gasteiger partial charge in [0.2, 0.25) is 35.4 Å². The number of alkyl halides is 2. The summed E-state index contributed by atoms with van der Waals surface area (Å²) in [7, 11) is 1.54. The summed E-state index contributed by atoms with van der Waals surface area (Å²) < 4.78 is 38.5. The van der Waals surface area contributed by atoms with Crippen molar-refractivity contribution in [2.24, 2.45) is 5.92 Å². The molecular weight excluding hydrogens is 1000 g/mol. The molecule has 4 aliphatic rings. The van der Waals surface area contributed by atoms with Crippen LogP contribution < -0.4 is 21.3 Å². The van der Waals surface area contributed by atoms with Gasteiger partial charge >= 0.3 is 17.9 Å². The van der Waals surface area contributed by atoms with Crippen molar-refractivity contribution in [1.29, 1.82) is 0 Å². The number of nitrogens with zero attached hydrogens (tertiary/aromatic N) is 6. The highest BCUT2D eigenvalue weighted by atomic mass is 19.3. The van der Waals surface area contributed by atoms with Crippen LogP contribution in [0.25, 0.3) is 0 Å². The van der Waals surface area contributed by atoms with Gasteiger partial charge in [0.15, 0.2) is 0 Å². The van der Waals surface area contributed by atoms with Crippen molar-refractivity contribution in [3.8, 4) is 0 Å². The molecule has 0 aromatic heterocycles. The lowest BCUT2D eigenvalue weighted by Crippen LogP contribution is -2.49. The normalized spacial score (nSPS) is 21.2. The quantitative estimate of drug-likeness (QED) is 0.0501. The molecule has 0 spiro atoms. The van der Waals surface area contributed by atoms with Gasteiger partial charge in [0.1, 0.15) is 12.1 Å². The molecule has 0 saturated carbocycles. The maximum absolute atomic E-state index is 14.0. The van der Waals surface area contributed by atoms with Gasteiger partial charge in [0.05, 0.1) is 52.5 Å². The van der Waals surface area contributed by atoms with Crippen LogP contribution in [-0.2, 0) is 72.1 Å². The highest BCUT2D eigenvalue weighted by molar-refractivity contribution is 5.94. The number of aliphatic carboxylic acids is 3. The second-order valence-electron chi connectivity index (χ2n) is 20.0. The number of fused-ring (bicyclic) bond motifs is 1. The number of carboxylic acid groups (broad SMARTS) is 3. The molecule has 26 heteroatoms. The van der Waals surface area contributed by atoms with E-state index in [0.717, 1.165) is 21.6 Å². The molecule has 424 valence electrons. The number of carboxylic acids is 3. The van der Waals surface area contributed by atoms with E-state index in [1.165, 1.54) is 0 Å². The van der Waals surface area contributed by atoms with Crippen molar-refractivity contribution in [3.63, 3.8) is 0 Å². The van der Waals surface area contributed by atoms with Crippen LogP contribution in [0.5, 0.6) is 0 Å². The van der Waals surface area contributed by atoms with E-state index < -0.39 is 78.6 Å². The standard InChI is InChI=1S/C50H76F2N10O14/c1-34-26-50(51,52)33-62(34)49(74)40-24-37(47(72)56-40)25-43(65)61-27-36-7-5-6-35(38(36)28-61)9-10-41(63)55-39(48(73)54-12-21-76-23-22-75-2)8-3-4-11-53-42(64)29-57-13-15-58(30-44(66)67)17-19-60(32-46(70)71)20-18-59(16-14-57)31-45(68)69/h5-7,34,37,39-40H,3-4,8-33H2,1-2H3,(H,53,64)(H,54,73)(H,55,63)(H,56,72)(H,66,67)(H,68,69)(H,70,71)/t34-,37+,39?,40+/m1/s1. The molecule has 3 saturated heterocycles. The number of methoxy groups -OCH3 is 1. The van der Waals surface area contributed by atoms with Crippen LogP contribution in [-0.4, -0.2) is 247 Å². The van der Waals surface area contributed by atoms with E-state index in [0.29, 0.717) is 32.5 Å². The summed E-state index contributed by atoms with van der Waals surface area (Å²) in [6.07, 6.45) is 0.859. The van der Waals surface area contributed by atoms with Gasteiger partial charge in [-0.15, -0.1) is 0 Å². The van der Waals surface area contributed by atoms with Crippen LogP contribution in [0, 0.1) is 5.92 Å². The van der Waals surface area contributed by atoms with Gasteiger partial charge in [0, 0.05) is 117 Å². The third-order valence-electron chi connectivity index (χ3n) is 14.0. The Labute approximate surface area is 441 Å². The molecule has 6 amide bonds. The van der Waals surface area contributed by atoms with Crippen molar-refractivity contribution < 1.29 is 76.7 Å². The Morgan fingerprint density at radius 1 is 0.776 bits per heavy atom. The number of aryl methyl sites for hydroxylation is 1. The van der Waals surface area contributed by atoms with Crippen molar-refractivity contribution in [2.75, 3.05) is 125 Å². The molecule has 5 rings (SSSR count). The molecule has 0 aliphatic carbocycles. The molecule has 76 heavy (non-hydrogen) atoms. The van der Waals surface area contributed by atoms with Crippen molar-refractivity contribution in [3.05, 3.63) is 34.9 Å². The van der Waals surface area contributed by atoms with E-state index in [1.54, 1.807) is 33.6 Å². The van der Waals surface area contributed by atoms with Crippen LogP contribution in [0.15, 0.2) is 18.2 Å². The number of ether oxygens (including phenoxy) is 2. The number of halogens is 2. The third kappa shape index (κ3) is 20.2. The fourth-order valence-corrected chi connectivity index (χ4v) is 9.97. The topological polar surface area (TPSA) is 300 Å². The monoisotopic (exact) mass is 1080 g/mol. The minimum absolute atomic E-state index is 0.0192. The molecule has 4 aliphatic heterocycles. The first-order chi connectivity index (χ1) is 36.2. The molecule has 0 radical (unpaired) electrons. The lowest BCUT2D eigenvalue weighted by Gasteiger charge is -2.32. The Morgan fingerprint density at radius 2 is 1.38 bits per heavy atom. The molecule has 1 unspecified atom stereocenters. The van der Waals surface area contributed by atoms with Gasteiger partial charge in [-0.1, -0.05) is 18.2 Å². The van der Waals surface area contributed by atoms with Crippen LogP contribution >= 0.6 is 0 Å². The van der Waals surface area contributed by atoms with Gasteiger partial charge in [-0.05, 0) is 55.7 Å². The summed E-state index contributed by atoms with van der Waals surface area (Å²) in [6.45, 7) is 3.82. The number of carbonyl (C=O) groups is 9. The highest BCUT2D eigenvalue weighted by Crippen LogP contribution is 2.34. The van der Waals surface area contributed by atoms with Gasteiger partial charge in [-0.25, -0.2) is 8.78 Å². The van der Waals surface area contributed by atoms with E-state index in [9.17, 15) is 67.3 Å². The predicted molar refractivity (Wildman–Crippen MR) is 268 cm³/mol. The van der Waals surface area contributed by atoms with E-state index in [4.69, 9.17) is 9.47 Å². The maximum Gasteiger partial charge on any atom is 0.317 e. The first kappa shape index (κ1) is 60.9. The lowest BCUT2D eigenvalue weighted by atomic mass is 9.99. The van der Waals surface area contributed by atoms with Crippen molar-refractivity contribution in [2.45, 2.75) is 95.4 Å². The van der Waals surface area contributed by atoms with Crippen LogP contribution in [0.4, 0.5) is 8.78 Å². The minimum atomic E-state index is -3.00. The number of amides is 6. The third-order valence-corrected chi connectivity index (χ3v) is 14.0. The number of carbonyl (C=O) groups excluding carboxylic acids is 6. The average Bonchev–Trinajstić information content (AvgIpc) is 4.05. The largest absolute Gasteiger partial charge is 0.480 e. The van der Waals surface area contributed by atoms with Crippen LogP contribution in [0.2, 0.25) is 0 Å². The Morgan fingerprint density at radius 3 is 1.95 bits per heavy atom. The summed E-state index contributed by atoms with van der Waals surface area (Å²) in [6, 6.07) is 3.00. The number of hydrogen-bond donors (Lipinski definition) is 7. The Hall–Kier alpha value is -5.93. The van der Waals surface area contributed by atoms with E-state index in [2.05, 4.69) is 21.3 Å². The summed E-state index contributed by atoms with van der Waals surface area (Å²) in [5, 5.41) is 39.6. The maximum atomic E-state index is 14.0. The van der Waals surface area contributed by atoms with Gasteiger partial charge in [0.25, 0.3) is 5.92 Å². The van der Waals surface area contributed by atoms with Gasteiger partial charge in [-0.2, -0.15) is 0 Å². The Kier molecular flexibility index (Phi) is 24.2. The average molecular weight is 1080 g/mol. The SMILES string of the molecule is COCCOCCNC(=O)C(CCCCNC(=O)CN1CCN(CC(=O)O)CCN(CC(=O)O)CCN(CC(=O)O)CC1)NC(=O)CCc1cccc2c1CN(C(=O)C[C@@H]1C[C@@H](C(=O)N3CC(F)(F)C[C@H]3C)NC1=O)C2. The predicted octanol–water partition coefficient (Wildman–Crippen LogP) is -1.36. The molecule has 7 N–H and O–H groups in total. The zero-order valence-electron chi connectivity index (χ0n) is 43.6. The summed E-state index contributed by atoms with van der Waals surface area (Å²) in [4.78, 5) is 124. The second kappa shape index (κ2) is 30.1. The van der Waals surface area contributed by atoms with E-state index >= 15 is 0 Å². The summed E-state index contributed by atoms with van der Waals surface area (Å²) in [5.41, 5.74) is 2.59. The number of hydrogen-bond acceptors (Lipinski definition) is 15. The second-order valence-corrected chi connectivity index (χ2v) is 20.0. The molecular formula is C50H76F2N10O14. The molecule has 1 aromatic rings. The number of nitrogens with one attached hydrogen (secondary N) is 4. The van der Waals surface area contributed by atoms with Crippen molar-refractivity contribution >= 4 is 53.4 Å². The molecule has 3 fully saturated rings. The molecule has 4 atom stereocenters. The fourth-order valence-electron chi connectivity index (χ4n) is 9.97. The summed E-state index contributed by atoms with van der Waals surface area (Å²) >= 11 is 0. The van der Waals surface area contributed by atoms with Crippen LogP contribution in [0.3, 0.4) is 0 Å². The molecule has 24 nitrogen and oxygen atoms in total. The fraction of sp³-hybridized carbons (Fsp3) is 0.700. The first-order valence-electron chi connectivity index (χ1n) is 26.0.